The van der Waals surface area contributed by atoms with Crippen LogP contribution in [-0.4, -0.2) is 16.1 Å². The summed E-state index contributed by atoms with van der Waals surface area (Å²) >= 11 is 3.42. The minimum atomic E-state index is -0.171. The van der Waals surface area contributed by atoms with E-state index in [1.54, 1.807) is 6.07 Å². The first-order chi connectivity index (χ1) is 11.1. The lowest BCUT2D eigenvalue weighted by Gasteiger charge is -2.04. The van der Waals surface area contributed by atoms with Crippen LogP contribution in [0.5, 0.6) is 0 Å². The molecule has 0 fully saturated rings. The van der Waals surface area contributed by atoms with E-state index in [2.05, 4.69) is 31.4 Å². The van der Waals surface area contributed by atoms with Gasteiger partial charge in [0.2, 0.25) is 0 Å². The van der Waals surface area contributed by atoms with Crippen LogP contribution in [0.2, 0.25) is 0 Å². The molecule has 4 nitrogen and oxygen atoms in total. The summed E-state index contributed by atoms with van der Waals surface area (Å²) < 4.78 is 0.993. The van der Waals surface area contributed by atoms with Crippen LogP contribution in [-0.2, 0) is 6.54 Å². The molecule has 5 heteroatoms. The number of aryl methyl sites for hydroxylation is 1. The molecule has 0 atom stereocenters. The quantitative estimate of drug-likeness (QED) is 0.727. The van der Waals surface area contributed by atoms with Gasteiger partial charge in [0.25, 0.3) is 5.91 Å². The fraction of sp³-hybridized carbons (Fsp3) is 0.111. The number of halogens is 1. The van der Waals surface area contributed by atoms with Crippen LogP contribution in [0.4, 0.5) is 0 Å². The Labute approximate surface area is 143 Å². The molecule has 0 spiro atoms. The molecule has 2 aromatic carbocycles. The lowest BCUT2D eigenvalue weighted by molar-refractivity contribution is 0.0946. The van der Waals surface area contributed by atoms with Gasteiger partial charge in [-0.2, -0.15) is 5.10 Å². The van der Waals surface area contributed by atoms with E-state index in [0.717, 1.165) is 21.3 Å². The first-order valence-corrected chi connectivity index (χ1v) is 8.06. The zero-order valence-electron chi connectivity index (χ0n) is 12.6. The Morgan fingerprint density at radius 2 is 1.96 bits per heavy atom. The molecule has 0 aliphatic carbocycles. The van der Waals surface area contributed by atoms with Gasteiger partial charge in [-0.15, -0.1) is 0 Å². The standard InChI is InChI=1S/C18H16BrN3O/c1-12-5-7-14(8-6-12)16-10-17(22-21-16)18(23)20-11-13-3-2-4-15(19)9-13/h2-10H,11H2,1H3,(H,20,23)(H,21,22). The van der Waals surface area contributed by atoms with Gasteiger partial charge in [-0.05, 0) is 30.7 Å². The number of nitrogens with one attached hydrogen (secondary N) is 2. The second-order valence-corrected chi connectivity index (χ2v) is 6.26. The molecule has 0 saturated carbocycles. The first-order valence-electron chi connectivity index (χ1n) is 7.27. The summed E-state index contributed by atoms with van der Waals surface area (Å²) in [6.07, 6.45) is 0. The molecule has 0 saturated heterocycles. The van der Waals surface area contributed by atoms with Gasteiger partial charge in [0.05, 0.1) is 5.69 Å². The van der Waals surface area contributed by atoms with E-state index in [4.69, 9.17) is 0 Å². The molecule has 1 heterocycles. The van der Waals surface area contributed by atoms with E-state index < -0.39 is 0 Å². The number of aromatic amines is 1. The minimum absolute atomic E-state index is 0.171. The third-order valence-corrected chi connectivity index (χ3v) is 4.01. The number of hydrogen-bond acceptors (Lipinski definition) is 2. The first kappa shape index (κ1) is 15.5. The lowest BCUT2D eigenvalue weighted by atomic mass is 10.1. The zero-order chi connectivity index (χ0) is 16.2. The van der Waals surface area contributed by atoms with Crippen LogP contribution >= 0.6 is 15.9 Å². The Morgan fingerprint density at radius 3 is 2.70 bits per heavy atom. The van der Waals surface area contributed by atoms with Crippen molar-refractivity contribution < 1.29 is 4.79 Å². The summed E-state index contributed by atoms with van der Waals surface area (Å²) in [6, 6.07) is 17.6. The van der Waals surface area contributed by atoms with E-state index in [-0.39, 0.29) is 5.91 Å². The number of nitrogens with zero attached hydrogens (tertiary/aromatic N) is 1. The normalized spacial score (nSPS) is 10.5. The average molecular weight is 370 g/mol. The largest absolute Gasteiger partial charge is 0.347 e. The molecule has 0 unspecified atom stereocenters. The highest BCUT2D eigenvalue weighted by atomic mass is 79.9. The second kappa shape index (κ2) is 6.79. The highest BCUT2D eigenvalue weighted by molar-refractivity contribution is 9.10. The Morgan fingerprint density at radius 1 is 1.17 bits per heavy atom. The van der Waals surface area contributed by atoms with E-state index in [0.29, 0.717) is 12.2 Å². The second-order valence-electron chi connectivity index (χ2n) is 5.35. The van der Waals surface area contributed by atoms with Crippen LogP contribution < -0.4 is 5.32 Å². The third-order valence-electron chi connectivity index (χ3n) is 3.51. The number of benzene rings is 2. The van der Waals surface area contributed by atoms with Crippen LogP contribution in [0.15, 0.2) is 59.1 Å². The Kier molecular flexibility index (Phi) is 4.57. The van der Waals surface area contributed by atoms with E-state index in [1.807, 2.05) is 55.5 Å². The molecule has 1 aromatic heterocycles. The Bertz CT molecular complexity index is 824. The highest BCUT2D eigenvalue weighted by Gasteiger charge is 2.10. The maximum absolute atomic E-state index is 12.2. The SMILES string of the molecule is Cc1ccc(-c2cc(C(=O)NCc3cccc(Br)c3)[nH]n2)cc1. The predicted octanol–water partition coefficient (Wildman–Crippen LogP) is 4.08. The predicted molar refractivity (Wildman–Crippen MR) is 94.1 cm³/mol. The van der Waals surface area contributed by atoms with Gasteiger partial charge < -0.3 is 5.32 Å². The number of H-pyrrole nitrogens is 1. The Balaban J connectivity index is 1.67. The number of aromatic nitrogens is 2. The molecule has 3 aromatic rings. The number of carbonyl (C=O) groups is 1. The van der Waals surface area contributed by atoms with Crippen molar-refractivity contribution in [3.05, 3.63) is 75.9 Å². The maximum atomic E-state index is 12.2. The van der Waals surface area contributed by atoms with Gasteiger partial charge in [-0.25, -0.2) is 0 Å². The number of hydrogen-bond donors (Lipinski definition) is 2. The van der Waals surface area contributed by atoms with Crippen molar-refractivity contribution in [3.8, 4) is 11.3 Å². The van der Waals surface area contributed by atoms with Gasteiger partial charge in [-0.3, -0.25) is 9.89 Å². The van der Waals surface area contributed by atoms with Crippen molar-refractivity contribution in [3.63, 3.8) is 0 Å². The molecule has 3 rings (SSSR count). The molecule has 23 heavy (non-hydrogen) atoms. The van der Waals surface area contributed by atoms with Gasteiger partial charge >= 0.3 is 0 Å². The highest BCUT2D eigenvalue weighted by Crippen LogP contribution is 2.18. The van der Waals surface area contributed by atoms with Gasteiger partial charge in [0.15, 0.2) is 0 Å². The zero-order valence-corrected chi connectivity index (χ0v) is 14.2. The summed E-state index contributed by atoms with van der Waals surface area (Å²) in [4.78, 5) is 12.2. The summed E-state index contributed by atoms with van der Waals surface area (Å²) in [7, 11) is 0. The third kappa shape index (κ3) is 3.87. The molecular weight excluding hydrogens is 354 g/mol. The fourth-order valence-electron chi connectivity index (χ4n) is 2.23. The van der Waals surface area contributed by atoms with Crippen LogP contribution in [0.3, 0.4) is 0 Å². The van der Waals surface area contributed by atoms with Gasteiger partial charge in [0.1, 0.15) is 5.69 Å². The van der Waals surface area contributed by atoms with Crippen molar-refractivity contribution >= 4 is 21.8 Å². The molecule has 1 amide bonds. The van der Waals surface area contributed by atoms with Crippen LogP contribution in [0.1, 0.15) is 21.6 Å². The molecule has 0 aliphatic heterocycles. The smallest absolute Gasteiger partial charge is 0.269 e. The monoisotopic (exact) mass is 369 g/mol. The Hall–Kier alpha value is -2.40. The minimum Gasteiger partial charge on any atom is -0.347 e. The summed E-state index contributed by atoms with van der Waals surface area (Å²) in [5.41, 5.74) is 4.42. The molecule has 0 bridgehead atoms. The topological polar surface area (TPSA) is 57.8 Å². The summed E-state index contributed by atoms with van der Waals surface area (Å²) in [5.74, 6) is -0.171. The van der Waals surface area contributed by atoms with Crippen LogP contribution in [0, 0.1) is 6.92 Å². The lowest BCUT2D eigenvalue weighted by Crippen LogP contribution is -2.23. The van der Waals surface area contributed by atoms with Gasteiger partial charge in [0, 0.05) is 16.6 Å². The van der Waals surface area contributed by atoms with Crippen molar-refractivity contribution in [2.24, 2.45) is 0 Å². The van der Waals surface area contributed by atoms with Crippen molar-refractivity contribution in [2.45, 2.75) is 13.5 Å². The molecule has 0 aliphatic rings. The summed E-state index contributed by atoms with van der Waals surface area (Å²) in [5, 5.41) is 9.89. The summed E-state index contributed by atoms with van der Waals surface area (Å²) in [6.45, 7) is 2.51. The fourth-order valence-corrected chi connectivity index (χ4v) is 2.68. The molecule has 2 N–H and O–H groups in total. The van der Waals surface area contributed by atoms with E-state index >= 15 is 0 Å². The molecule has 116 valence electrons. The van der Waals surface area contributed by atoms with Gasteiger partial charge in [-0.1, -0.05) is 57.9 Å². The number of amides is 1. The average Bonchev–Trinajstić information content (AvgIpc) is 3.03. The van der Waals surface area contributed by atoms with Crippen LogP contribution in [0.25, 0.3) is 11.3 Å². The molecule has 0 radical (unpaired) electrons. The molecular formula is C18H16BrN3O. The maximum Gasteiger partial charge on any atom is 0.269 e. The van der Waals surface area contributed by atoms with Crippen molar-refractivity contribution in [2.75, 3.05) is 0 Å². The number of rotatable bonds is 4. The van der Waals surface area contributed by atoms with E-state index in [1.165, 1.54) is 5.56 Å². The van der Waals surface area contributed by atoms with E-state index in [9.17, 15) is 4.79 Å². The van der Waals surface area contributed by atoms with Crippen molar-refractivity contribution in [1.82, 2.24) is 15.5 Å². The number of carbonyl (C=O) groups excluding carboxylic acids is 1. The van der Waals surface area contributed by atoms with Crippen molar-refractivity contribution in [1.29, 1.82) is 0 Å².